The zero-order valence-corrected chi connectivity index (χ0v) is 22.0. The van der Waals surface area contributed by atoms with E-state index in [0.717, 1.165) is 23.3 Å². The summed E-state index contributed by atoms with van der Waals surface area (Å²) in [4.78, 5) is 16.9. The first-order valence-corrected chi connectivity index (χ1v) is 11.1. The van der Waals surface area contributed by atoms with Crippen molar-refractivity contribution in [2.24, 2.45) is 4.99 Å². The van der Waals surface area contributed by atoms with Gasteiger partial charge in [-0.1, -0.05) is 30.3 Å². The van der Waals surface area contributed by atoms with Crippen LogP contribution in [-0.4, -0.2) is 24.5 Å². The Morgan fingerprint density at radius 3 is 2.65 bits per heavy atom. The van der Waals surface area contributed by atoms with Crippen LogP contribution in [0.1, 0.15) is 53.6 Å². The predicted octanol–water partition coefficient (Wildman–Crippen LogP) is 4.80. The lowest BCUT2D eigenvalue weighted by molar-refractivity contribution is 0.0694. The molecule has 1 aliphatic rings. The maximum Gasteiger partial charge on any atom is 0.251 e. The van der Waals surface area contributed by atoms with E-state index < -0.39 is 0 Å². The molecule has 8 heteroatoms. The molecule has 180 valence electrons. The highest BCUT2D eigenvalue weighted by Gasteiger charge is 2.33. The molecule has 0 aliphatic carbocycles. The fourth-order valence-corrected chi connectivity index (χ4v) is 3.98. The van der Waals surface area contributed by atoms with Gasteiger partial charge in [0.1, 0.15) is 17.1 Å². The molecule has 1 atom stereocenters. The maximum atomic E-state index is 12.5. The largest absolute Gasteiger partial charge is 0.487 e. The molecule has 0 saturated carbocycles. The lowest BCUT2D eigenvalue weighted by Crippen LogP contribution is -2.45. The number of fused-ring (bicyclic) bond motifs is 1. The van der Waals surface area contributed by atoms with Gasteiger partial charge >= 0.3 is 0 Å². The molecule has 3 aromatic rings. The second-order valence-corrected chi connectivity index (χ2v) is 8.69. The van der Waals surface area contributed by atoms with E-state index in [2.05, 4.69) is 40.9 Å². The summed E-state index contributed by atoms with van der Waals surface area (Å²) in [5.74, 6) is 2.17. The molecule has 34 heavy (non-hydrogen) atoms. The molecule has 1 aliphatic heterocycles. The number of carbonyl (C=O) groups is 1. The lowest BCUT2D eigenvalue weighted by atomic mass is 9.90. The van der Waals surface area contributed by atoms with Crippen LogP contribution in [0.2, 0.25) is 0 Å². The Hall–Kier alpha value is -3.01. The number of carbonyl (C=O) groups excluding carboxylic acids is 1. The molecular weight excluding hydrogens is 543 g/mol. The van der Waals surface area contributed by atoms with Crippen molar-refractivity contribution >= 4 is 35.8 Å². The van der Waals surface area contributed by atoms with Crippen molar-refractivity contribution in [3.05, 3.63) is 89.4 Å². The minimum atomic E-state index is -0.276. The van der Waals surface area contributed by atoms with Crippen molar-refractivity contribution in [3.63, 3.8) is 0 Å². The summed E-state index contributed by atoms with van der Waals surface area (Å²) in [6.07, 6.45) is 2.41. The average molecular weight is 574 g/mol. The molecule has 0 fully saturated rings. The number of hydrogen-bond donors (Lipinski definition) is 3. The Bertz CT molecular complexity index is 1130. The van der Waals surface area contributed by atoms with Gasteiger partial charge in [-0.3, -0.25) is 9.79 Å². The zero-order chi connectivity index (χ0) is 23.3. The van der Waals surface area contributed by atoms with Crippen LogP contribution in [0.25, 0.3) is 0 Å². The second-order valence-electron chi connectivity index (χ2n) is 8.69. The van der Waals surface area contributed by atoms with Gasteiger partial charge in [-0.2, -0.15) is 0 Å². The third-order valence-corrected chi connectivity index (χ3v) is 5.56. The van der Waals surface area contributed by atoms with Gasteiger partial charge in [0.05, 0.1) is 18.8 Å². The van der Waals surface area contributed by atoms with E-state index in [0.29, 0.717) is 30.4 Å². The molecule has 2 heterocycles. The minimum Gasteiger partial charge on any atom is -0.487 e. The van der Waals surface area contributed by atoms with Crippen molar-refractivity contribution in [3.8, 4) is 5.75 Å². The number of rotatable bonds is 6. The van der Waals surface area contributed by atoms with Gasteiger partial charge in [-0.15, -0.1) is 24.0 Å². The number of nitrogens with one attached hydrogen (secondary N) is 3. The number of benzene rings is 2. The van der Waals surface area contributed by atoms with E-state index in [9.17, 15) is 4.79 Å². The Kier molecular flexibility index (Phi) is 8.60. The number of guanidine groups is 1. The van der Waals surface area contributed by atoms with Crippen LogP contribution in [0.3, 0.4) is 0 Å². The summed E-state index contributed by atoms with van der Waals surface area (Å²) in [5, 5.41) is 9.77. The van der Waals surface area contributed by atoms with Crippen LogP contribution < -0.4 is 20.7 Å². The maximum absolute atomic E-state index is 12.5. The number of hydrogen-bond acceptors (Lipinski definition) is 4. The first-order valence-electron chi connectivity index (χ1n) is 11.1. The summed E-state index contributed by atoms with van der Waals surface area (Å²) < 4.78 is 11.4. The monoisotopic (exact) mass is 574 g/mol. The fraction of sp³-hybridized carbons (Fsp3) is 0.308. The van der Waals surface area contributed by atoms with Gasteiger partial charge in [-0.05, 0) is 49.7 Å². The third kappa shape index (κ3) is 6.53. The number of nitrogens with zero attached hydrogens (tertiary/aromatic N) is 1. The van der Waals surface area contributed by atoms with E-state index in [1.807, 2.05) is 42.5 Å². The molecule has 0 radical (unpaired) electrons. The Balaban J connectivity index is 0.00000324. The molecule has 1 aromatic heterocycles. The molecule has 2 aromatic carbocycles. The lowest BCUT2D eigenvalue weighted by Gasteiger charge is -2.38. The summed E-state index contributed by atoms with van der Waals surface area (Å²) >= 11 is 0. The molecule has 0 spiro atoms. The highest BCUT2D eigenvalue weighted by Crippen LogP contribution is 2.39. The Morgan fingerprint density at radius 1 is 1.06 bits per heavy atom. The molecule has 7 nitrogen and oxygen atoms in total. The SMILES string of the molecule is CN=C(NCc1cccc(C(=O)NCc2ccco2)c1)NC1CC(C)(C)Oc2ccccc21.I. The van der Waals surface area contributed by atoms with Crippen LogP contribution >= 0.6 is 24.0 Å². The van der Waals surface area contributed by atoms with Crippen LogP contribution in [0, 0.1) is 0 Å². The number of ether oxygens (including phenoxy) is 1. The van der Waals surface area contributed by atoms with Crippen molar-refractivity contribution in [2.45, 2.75) is 45.0 Å². The van der Waals surface area contributed by atoms with Gasteiger partial charge in [0.2, 0.25) is 0 Å². The molecule has 1 amide bonds. The topological polar surface area (TPSA) is 87.9 Å². The molecule has 1 unspecified atom stereocenters. The minimum absolute atomic E-state index is 0. The second kappa shape index (κ2) is 11.4. The smallest absolute Gasteiger partial charge is 0.251 e. The van der Waals surface area contributed by atoms with Crippen molar-refractivity contribution in [1.82, 2.24) is 16.0 Å². The van der Waals surface area contributed by atoms with Gasteiger partial charge < -0.3 is 25.1 Å². The summed E-state index contributed by atoms with van der Waals surface area (Å²) in [6.45, 7) is 5.08. The van der Waals surface area contributed by atoms with E-state index >= 15 is 0 Å². The number of aliphatic imine (C=N–C) groups is 1. The zero-order valence-electron chi connectivity index (χ0n) is 19.6. The molecule has 4 rings (SSSR count). The number of furan rings is 1. The van der Waals surface area contributed by atoms with Crippen molar-refractivity contribution in [2.75, 3.05) is 7.05 Å². The molecule has 3 N–H and O–H groups in total. The standard InChI is InChI=1S/C26H30N4O3.HI/c1-26(2)15-22(21-11-4-5-12-23(21)33-26)30-25(27-3)29-16-18-8-6-9-19(14-18)24(31)28-17-20-10-7-13-32-20;/h4-14,22H,15-17H2,1-3H3,(H,28,31)(H2,27,29,30);1H. The number of halogens is 1. The normalized spacial score (nSPS) is 16.4. The van der Waals surface area contributed by atoms with E-state index in [-0.39, 0.29) is 41.5 Å². The summed E-state index contributed by atoms with van der Waals surface area (Å²) in [7, 11) is 1.75. The van der Waals surface area contributed by atoms with Crippen molar-refractivity contribution in [1.29, 1.82) is 0 Å². The van der Waals surface area contributed by atoms with Crippen LogP contribution in [0.15, 0.2) is 76.3 Å². The molecule has 0 bridgehead atoms. The average Bonchev–Trinajstić information content (AvgIpc) is 3.33. The first kappa shape index (κ1) is 25.6. The van der Waals surface area contributed by atoms with E-state index in [1.54, 1.807) is 25.4 Å². The third-order valence-electron chi connectivity index (χ3n) is 5.56. The number of para-hydroxylation sites is 1. The summed E-state index contributed by atoms with van der Waals surface area (Å²) in [6, 6.07) is 19.4. The summed E-state index contributed by atoms with van der Waals surface area (Å²) in [5.41, 5.74) is 2.43. The van der Waals surface area contributed by atoms with Gasteiger partial charge in [-0.25, -0.2) is 0 Å². The highest BCUT2D eigenvalue weighted by atomic mass is 127. The first-order chi connectivity index (χ1) is 15.9. The fourth-order valence-electron chi connectivity index (χ4n) is 3.98. The van der Waals surface area contributed by atoms with E-state index in [1.165, 1.54) is 0 Å². The molecule has 0 saturated heterocycles. The van der Waals surface area contributed by atoms with Crippen LogP contribution in [0.4, 0.5) is 0 Å². The van der Waals surface area contributed by atoms with Gasteiger partial charge in [0.25, 0.3) is 5.91 Å². The van der Waals surface area contributed by atoms with Crippen LogP contribution in [-0.2, 0) is 13.1 Å². The van der Waals surface area contributed by atoms with Crippen LogP contribution in [0.5, 0.6) is 5.75 Å². The molecular formula is C26H31IN4O3. The highest BCUT2D eigenvalue weighted by molar-refractivity contribution is 14.0. The Labute approximate surface area is 217 Å². The van der Waals surface area contributed by atoms with Gasteiger partial charge in [0.15, 0.2) is 5.96 Å². The predicted molar refractivity (Wildman–Crippen MR) is 144 cm³/mol. The van der Waals surface area contributed by atoms with Crippen molar-refractivity contribution < 1.29 is 13.9 Å². The number of amides is 1. The quantitative estimate of drug-likeness (QED) is 0.224. The van der Waals surface area contributed by atoms with E-state index in [4.69, 9.17) is 9.15 Å². The Morgan fingerprint density at radius 2 is 1.88 bits per heavy atom. The van der Waals surface area contributed by atoms with Gasteiger partial charge in [0, 0.05) is 31.1 Å².